The predicted molar refractivity (Wildman–Crippen MR) is 82.5 cm³/mol. The number of nitrogens with one attached hydrogen (secondary N) is 1. The molecule has 0 aromatic heterocycles. The molecule has 0 spiro atoms. The summed E-state index contributed by atoms with van der Waals surface area (Å²) < 4.78 is 0. The maximum Gasteiger partial charge on any atom is 0.0237 e. The van der Waals surface area contributed by atoms with Crippen molar-refractivity contribution >= 4 is 0 Å². The van der Waals surface area contributed by atoms with Crippen molar-refractivity contribution in [2.24, 2.45) is 0 Å². The molecular weight excluding hydrogens is 232 g/mol. The van der Waals surface area contributed by atoms with Crippen molar-refractivity contribution in [1.82, 2.24) is 10.2 Å². The first kappa shape index (κ1) is 14.5. The standard InChI is InChI=1S/C17H28N2/c1-4-9-18-12-17-6-5-10-19(17)13-16-8-7-14(2)15(3)11-16/h7-8,11,17-18H,4-6,9-10,12-13H2,1-3H3. The fraction of sp³-hybridized carbons (Fsp3) is 0.647. The van der Waals surface area contributed by atoms with Crippen molar-refractivity contribution in [2.75, 3.05) is 19.6 Å². The Bertz CT molecular complexity index is 400. The highest BCUT2D eigenvalue weighted by atomic mass is 15.2. The van der Waals surface area contributed by atoms with E-state index in [-0.39, 0.29) is 0 Å². The lowest BCUT2D eigenvalue weighted by molar-refractivity contribution is 0.239. The minimum Gasteiger partial charge on any atom is -0.315 e. The quantitative estimate of drug-likeness (QED) is 0.790. The third kappa shape index (κ3) is 4.05. The Hall–Kier alpha value is -0.860. The number of nitrogens with zero attached hydrogens (tertiary/aromatic N) is 1. The molecule has 0 saturated carbocycles. The molecule has 1 aliphatic heterocycles. The van der Waals surface area contributed by atoms with E-state index in [9.17, 15) is 0 Å². The molecule has 1 saturated heterocycles. The number of benzene rings is 1. The SMILES string of the molecule is CCCNCC1CCCN1Cc1ccc(C)c(C)c1. The lowest BCUT2D eigenvalue weighted by atomic mass is 10.1. The minimum atomic E-state index is 0.730. The van der Waals surface area contributed by atoms with E-state index in [1.54, 1.807) is 0 Å². The van der Waals surface area contributed by atoms with E-state index < -0.39 is 0 Å². The summed E-state index contributed by atoms with van der Waals surface area (Å²) in [6.45, 7) is 11.3. The highest BCUT2D eigenvalue weighted by Crippen LogP contribution is 2.20. The first-order valence-corrected chi connectivity index (χ1v) is 7.71. The zero-order chi connectivity index (χ0) is 13.7. The molecule has 1 atom stereocenters. The molecule has 106 valence electrons. The molecule has 2 rings (SSSR count). The van der Waals surface area contributed by atoms with E-state index in [0.29, 0.717) is 0 Å². The molecule has 0 bridgehead atoms. The van der Waals surface area contributed by atoms with Crippen LogP contribution in [-0.4, -0.2) is 30.6 Å². The highest BCUT2D eigenvalue weighted by molar-refractivity contribution is 5.29. The van der Waals surface area contributed by atoms with Crippen LogP contribution in [0.25, 0.3) is 0 Å². The van der Waals surface area contributed by atoms with Crippen LogP contribution in [0.3, 0.4) is 0 Å². The summed E-state index contributed by atoms with van der Waals surface area (Å²) in [5.74, 6) is 0. The second-order valence-electron chi connectivity index (χ2n) is 5.89. The maximum atomic E-state index is 3.57. The molecule has 0 amide bonds. The van der Waals surface area contributed by atoms with Crippen LogP contribution in [0.5, 0.6) is 0 Å². The van der Waals surface area contributed by atoms with Crippen molar-refractivity contribution < 1.29 is 0 Å². The van der Waals surface area contributed by atoms with Gasteiger partial charge in [0.15, 0.2) is 0 Å². The van der Waals surface area contributed by atoms with Crippen LogP contribution in [0, 0.1) is 13.8 Å². The van der Waals surface area contributed by atoms with Crippen LogP contribution in [0.2, 0.25) is 0 Å². The topological polar surface area (TPSA) is 15.3 Å². The van der Waals surface area contributed by atoms with Crippen molar-refractivity contribution in [1.29, 1.82) is 0 Å². The van der Waals surface area contributed by atoms with Crippen molar-refractivity contribution in [3.05, 3.63) is 34.9 Å². The normalized spacial score (nSPS) is 20.1. The van der Waals surface area contributed by atoms with Crippen LogP contribution in [-0.2, 0) is 6.54 Å². The van der Waals surface area contributed by atoms with E-state index in [4.69, 9.17) is 0 Å². The zero-order valence-electron chi connectivity index (χ0n) is 12.7. The van der Waals surface area contributed by atoms with E-state index in [1.165, 1.54) is 42.5 Å². The van der Waals surface area contributed by atoms with Gasteiger partial charge in [-0.05, 0) is 62.9 Å². The molecule has 1 fully saturated rings. The highest BCUT2D eigenvalue weighted by Gasteiger charge is 2.23. The van der Waals surface area contributed by atoms with Gasteiger partial charge < -0.3 is 5.32 Å². The molecular formula is C17H28N2. The Morgan fingerprint density at radius 3 is 2.84 bits per heavy atom. The van der Waals surface area contributed by atoms with E-state index >= 15 is 0 Å². The first-order valence-electron chi connectivity index (χ1n) is 7.71. The molecule has 0 aliphatic carbocycles. The third-order valence-electron chi connectivity index (χ3n) is 4.26. The van der Waals surface area contributed by atoms with Gasteiger partial charge in [0.25, 0.3) is 0 Å². The number of aryl methyl sites for hydroxylation is 2. The Labute approximate surface area is 118 Å². The summed E-state index contributed by atoms with van der Waals surface area (Å²) in [7, 11) is 0. The van der Waals surface area contributed by atoms with Crippen molar-refractivity contribution in [3.63, 3.8) is 0 Å². The molecule has 1 aromatic rings. The third-order valence-corrected chi connectivity index (χ3v) is 4.26. The molecule has 1 N–H and O–H groups in total. The number of likely N-dealkylation sites (tertiary alicyclic amines) is 1. The van der Waals surface area contributed by atoms with Gasteiger partial charge in [0.2, 0.25) is 0 Å². The summed E-state index contributed by atoms with van der Waals surface area (Å²) in [5, 5.41) is 3.57. The minimum absolute atomic E-state index is 0.730. The van der Waals surface area contributed by atoms with Crippen LogP contribution in [0.4, 0.5) is 0 Å². The molecule has 1 heterocycles. The molecule has 0 radical (unpaired) electrons. The second-order valence-corrected chi connectivity index (χ2v) is 5.89. The second kappa shape index (κ2) is 7.06. The lowest BCUT2D eigenvalue weighted by Crippen LogP contribution is -2.37. The van der Waals surface area contributed by atoms with Gasteiger partial charge in [-0.3, -0.25) is 4.90 Å². The first-order chi connectivity index (χ1) is 9.20. The Morgan fingerprint density at radius 1 is 1.26 bits per heavy atom. The zero-order valence-corrected chi connectivity index (χ0v) is 12.7. The summed E-state index contributed by atoms with van der Waals surface area (Å²) in [6, 6.07) is 7.63. The van der Waals surface area contributed by atoms with E-state index in [1.807, 2.05) is 0 Å². The van der Waals surface area contributed by atoms with Gasteiger partial charge in [-0.2, -0.15) is 0 Å². The van der Waals surface area contributed by atoms with Gasteiger partial charge >= 0.3 is 0 Å². The molecule has 2 heteroatoms. The average Bonchev–Trinajstić information content (AvgIpc) is 2.82. The Kier molecular flexibility index (Phi) is 5.41. The smallest absolute Gasteiger partial charge is 0.0237 e. The Balaban J connectivity index is 1.91. The van der Waals surface area contributed by atoms with Crippen LogP contribution < -0.4 is 5.32 Å². The molecule has 1 unspecified atom stereocenters. The van der Waals surface area contributed by atoms with Gasteiger partial charge in [0.05, 0.1) is 0 Å². The average molecular weight is 260 g/mol. The van der Waals surface area contributed by atoms with E-state index in [2.05, 4.69) is 49.2 Å². The predicted octanol–water partition coefficient (Wildman–Crippen LogP) is 3.27. The van der Waals surface area contributed by atoms with Gasteiger partial charge in [-0.15, -0.1) is 0 Å². The fourth-order valence-electron chi connectivity index (χ4n) is 2.92. The maximum absolute atomic E-state index is 3.57. The summed E-state index contributed by atoms with van der Waals surface area (Å²) >= 11 is 0. The van der Waals surface area contributed by atoms with E-state index in [0.717, 1.165) is 25.7 Å². The number of hydrogen-bond donors (Lipinski definition) is 1. The van der Waals surface area contributed by atoms with Crippen molar-refractivity contribution in [2.45, 2.75) is 52.6 Å². The van der Waals surface area contributed by atoms with Crippen LogP contribution >= 0.6 is 0 Å². The fourth-order valence-corrected chi connectivity index (χ4v) is 2.92. The largest absolute Gasteiger partial charge is 0.315 e. The monoisotopic (exact) mass is 260 g/mol. The van der Waals surface area contributed by atoms with Crippen LogP contribution in [0.1, 0.15) is 42.9 Å². The van der Waals surface area contributed by atoms with Crippen molar-refractivity contribution in [3.8, 4) is 0 Å². The molecule has 1 aliphatic rings. The van der Waals surface area contributed by atoms with Gasteiger partial charge in [0.1, 0.15) is 0 Å². The molecule has 2 nitrogen and oxygen atoms in total. The summed E-state index contributed by atoms with van der Waals surface area (Å²) in [4.78, 5) is 2.65. The lowest BCUT2D eigenvalue weighted by Gasteiger charge is -2.25. The summed E-state index contributed by atoms with van der Waals surface area (Å²) in [6.07, 6.45) is 3.93. The molecule has 1 aromatic carbocycles. The van der Waals surface area contributed by atoms with Crippen LogP contribution in [0.15, 0.2) is 18.2 Å². The van der Waals surface area contributed by atoms with Gasteiger partial charge in [0, 0.05) is 19.1 Å². The van der Waals surface area contributed by atoms with Gasteiger partial charge in [-0.1, -0.05) is 25.1 Å². The molecule has 19 heavy (non-hydrogen) atoms. The number of rotatable bonds is 6. The Morgan fingerprint density at radius 2 is 2.11 bits per heavy atom. The van der Waals surface area contributed by atoms with Gasteiger partial charge in [-0.25, -0.2) is 0 Å². The number of hydrogen-bond acceptors (Lipinski definition) is 2. The summed E-state index contributed by atoms with van der Waals surface area (Å²) in [5.41, 5.74) is 4.27.